The highest BCUT2D eigenvalue weighted by atomic mass is 35.5. The van der Waals surface area contributed by atoms with E-state index in [1.165, 1.54) is 4.31 Å². The topological polar surface area (TPSA) is 105 Å². The third kappa shape index (κ3) is 6.61. The zero-order chi connectivity index (χ0) is 29.8. The molecule has 42 heavy (non-hydrogen) atoms. The quantitative estimate of drug-likeness (QED) is 0.322. The molecule has 1 amide bonds. The van der Waals surface area contributed by atoms with Crippen molar-refractivity contribution in [2.24, 2.45) is 5.73 Å². The molecular weight excluding hydrogens is 595 g/mol. The van der Waals surface area contributed by atoms with Crippen LogP contribution in [0.4, 0.5) is 5.69 Å². The van der Waals surface area contributed by atoms with Crippen molar-refractivity contribution in [1.82, 2.24) is 9.21 Å². The predicted octanol–water partition coefficient (Wildman–Crippen LogP) is 5.12. The molecule has 0 radical (unpaired) electrons. The number of benzene rings is 3. The minimum Gasteiger partial charge on any atom is -0.371 e. The second kappa shape index (κ2) is 12.9. The Kier molecular flexibility index (Phi) is 9.47. The smallest absolute Gasteiger partial charge is 0.243 e. The molecule has 3 aromatic carbocycles. The summed E-state index contributed by atoms with van der Waals surface area (Å²) in [6.45, 7) is 3.10. The van der Waals surface area contributed by atoms with Gasteiger partial charge in [-0.1, -0.05) is 65.7 Å². The molecule has 0 saturated carbocycles. The Morgan fingerprint density at radius 2 is 1.48 bits per heavy atom. The van der Waals surface area contributed by atoms with Crippen LogP contribution in [-0.2, 0) is 25.2 Å². The summed E-state index contributed by atoms with van der Waals surface area (Å²) in [5, 5.41) is 4.26. The van der Waals surface area contributed by atoms with E-state index < -0.39 is 21.2 Å². The number of ether oxygens (including phenoxy) is 1. The van der Waals surface area contributed by atoms with Gasteiger partial charge in [0.25, 0.3) is 0 Å². The molecule has 2 heterocycles. The van der Waals surface area contributed by atoms with Crippen LogP contribution in [0, 0.1) is 0 Å². The third-order valence-electron chi connectivity index (χ3n) is 8.48. The van der Waals surface area contributed by atoms with Crippen molar-refractivity contribution in [3.8, 4) is 0 Å². The van der Waals surface area contributed by atoms with Crippen LogP contribution in [0.25, 0.3) is 0 Å². The van der Waals surface area contributed by atoms with Crippen LogP contribution < -0.4 is 11.1 Å². The third-order valence-corrected chi connectivity index (χ3v) is 11.1. The van der Waals surface area contributed by atoms with Crippen LogP contribution in [0.1, 0.15) is 31.2 Å². The van der Waals surface area contributed by atoms with Crippen LogP contribution in [0.5, 0.6) is 0 Å². The number of carbonyl (C=O) groups excluding carboxylic acids is 1. The molecule has 2 fully saturated rings. The summed E-state index contributed by atoms with van der Waals surface area (Å²) < 4.78 is 34.7. The van der Waals surface area contributed by atoms with E-state index in [2.05, 4.69) is 10.2 Å². The van der Waals surface area contributed by atoms with E-state index in [-0.39, 0.29) is 10.8 Å². The van der Waals surface area contributed by atoms with Gasteiger partial charge >= 0.3 is 0 Å². The first-order chi connectivity index (χ1) is 20.1. The predicted molar refractivity (Wildman–Crippen MR) is 166 cm³/mol. The summed E-state index contributed by atoms with van der Waals surface area (Å²) in [7, 11) is -3.61. The molecule has 5 rings (SSSR count). The Bertz CT molecular complexity index is 1480. The van der Waals surface area contributed by atoms with E-state index in [1.54, 1.807) is 36.4 Å². The molecular formula is C31H36Cl2N4O4S. The fraction of sp³-hybridized carbons (Fsp3) is 0.387. The van der Waals surface area contributed by atoms with Gasteiger partial charge in [0, 0.05) is 38.4 Å². The molecule has 2 aliphatic heterocycles. The maximum Gasteiger partial charge on any atom is 0.243 e. The van der Waals surface area contributed by atoms with Crippen molar-refractivity contribution in [1.29, 1.82) is 0 Å². The molecule has 3 N–H and O–H groups in total. The Morgan fingerprint density at radius 1 is 0.857 bits per heavy atom. The maximum atomic E-state index is 13.3. The van der Waals surface area contributed by atoms with Gasteiger partial charge in [-0.05, 0) is 67.6 Å². The molecule has 2 aliphatic rings. The number of likely N-dealkylation sites (tertiary alicyclic amines) is 1. The second-order valence-electron chi connectivity index (χ2n) is 11.0. The molecule has 11 heteroatoms. The average molecular weight is 632 g/mol. The molecule has 0 aromatic heterocycles. The first kappa shape index (κ1) is 30.8. The van der Waals surface area contributed by atoms with Crippen LogP contribution >= 0.6 is 23.2 Å². The number of rotatable bonds is 10. The first-order valence-electron chi connectivity index (χ1n) is 14.1. The van der Waals surface area contributed by atoms with Gasteiger partial charge in [0.05, 0.1) is 27.1 Å². The Balaban J connectivity index is 1.24. The normalized spacial score (nSPS) is 19.3. The van der Waals surface area contributed by atoms with Crippen molar-refractivity contribution in [2.45, 2.75) is 41.7 Å². The van der Waals surface area contributed by atoms with Gasteiger partial charge in [-0.3, -0.25) is 4.79 Å². The lowest BCUT2D eigenvalue weighted by Gasteiger charge is -2.43. The number of hydrogen-bond donors (Lipinski definition) is 2. The highest BCUT2D eigenvalue weighted by Crippen LogP contribution is 2.40. The number of primary amides is 1. The molecule has 224 valence electrons. The monoisotopic (exact) mass is 630 g/mol. The average Bonchev–Trinajstić information content (AvgIpc) is 3.00. The molecule has 0 spiro atoms. The van der Waals surface area contributed by atoms with E-state index >= 15 is 0 Å². The van der Waals surface area contributed by atoms with Gasteiger partial charge in [-0.15, -0.1) is 0 Å². The Morgan fingerprint density at radius 3 is 2.07 bits per heavy atom. The zero-order valence-corrected chi connectivity index (χ0v) is 25.7. The number of para-hydroxylation sites is 1. The highest BCUT2D eigenvalue weighted by Gasteiger charge is 2.42. The van der Waals surface area contributed by atoms with Crippen molar-refractivity contribution in [2.75, 3.05) is 44.6 Å². The van der Waals surface area contributed by atoms with Crippen molar-refractivity contribution in [3.63, 3.8) is 0 Å². The Labute approximate surface area is 257 Å². The van der Waals surface area contributed by atoms with E-state index in [0.29, 0.717) is 75.1 Å². The van der Waals surface area contributed by atoms with E-state index in [9.17, 15) is 13.2 Å². The fourth-order valence-corrected chi connectivity index (χ4v) is 7.65. The number of nitrogens with zero attached hydrogens (tertiary/aromatic N) is 2. The number of amides is 1. The molecule has 2 saturated heterocycles. The number of halogens is 2. The number of anilines is 1. The Hall–Kier alpha value is -2.66. The van der Waals surface area contributed by atoms with Crippen LogP contribution in [-0.4, -0.2) is 68.4 Å². The fourth-order valence-electron chi connectivity index (χ4n) is 5.88. The highest BCUT2D eigenvalue weighted by molar-refractivity contribution is 7.89. The van der Waals surface area contributed by atoms with Crippen molar-refractivity contribution in [3.05, 3.63) is 94.5 Å². The number of piperidine rings is 2. The summed E-state index contributed by atoms with van der Waals surface area (Å²) in [4.78, 5) is 15.0. The van der Waals surface area contributed by atoms with Crippen LogP contribution in [0.3, 0.4) is 0 Å². The van der Waals surface area contributed by atoms with Gasteiger partial charge in [0.2, 0.25) is 15.9 Å². The number of hydrogen-bond acceptors (Lipinski definition) is 6. The molecule has 3 aromatic rings. The van der Waals surface area contributed by atoms with E-state index in [1.807, 2.05) is 42.5 Å². The summed E-state index contributed by atoms with van der Waals surface area (Å²) >= 11 is 12.6. The van der Waals surface area contributed by atoms with Gasteiger partial charge in [-0.25, -0.2) is 8.42 Å². The van der Waals surface area contributed by atoms with Gasteiger partial charge in [0.15, 0.2) is 0 Å². The summed E-state index contributed by atoms with van der Waals surface area (Å²) in [6.07, 6.45) is 2.12. The van der Waals surface area contributed by atoms with Gasteiger partial charge in [-0.2, -0.15) is 4.31 Å². The number of sulfonamides is 1. The van der Waals surface area contributed by atoms with Gasteiger partial charge in [0.1, 0.15) is 5.54 Å². The lowest BCUT2D eigenvalue weighted by atomic mass is 9.84. The van der Waals surface area contributed by atoms with Gasteiger partial charge < -0.3 is 20.7 Å². The number of carbonyl (C=O) groups is 1. The lowest BCUT2D eigenvalue weighted by Crippen LogP contribution is -2.57. The largest absolute Gasteiger partial charge is 0.371 e. The molecule has 0 unspecified atom stereocenters. The maximum absolute atomic E-state index is 13.3. The molecule has 0 atom stereocenters. The van der Waals surface area contributed by atoms with E-state index in [0.717, 1.165) is 11.3 Å². The second-order valence-corrected chi connectivity index (χ2v) is 13.7. The van der Waals surface area contributed by atoms with Crippen LogP contribution in [0.2, 0.25) is 10.0 Å². The van der Waals surface area contributed by atoms with Crippen LogP contribution in [0.15, 0.2) is 83.8 Å². The molecule has 8 nitrogen and oxygen atoms in total. The summed E-state index contributed by atoms with van der Waals surface area (Å²) in [5.41, 5.74) is 6.11. The van der Waals surface area contributed by atoms with Crippen molar-refractivity contribution < 1.29 is 17.9 Å². The minimum atomic E-state index is -3.61. The summed E-state index contributed by atoms with van der Waals surface area (Å²) in [5.74, 6) is -0.349. The molecule has 0 bridgehead atoms. The standard InChI is InChI=1S/C31H36Cl2N4O4S/c32-27-12-11-24(23-28(27)33)31(15-19-37(20-16-31)42(39,40)26-9-5-2-6-10-26)41-22-21-36-17-13-30(14-18-36,29(34)38)35-25-7-3-1-4-8-25/h1-12,23,35H,13-22H2,(H2,34,38). The first-order valence-corrected chi connectivity index (χ1v) is 16.3. The zero-order valence-electron chi connectivity index (χ0n) is 23.3. The van der Waals surface area contributed by atoms with Crippen molar-refractivity contribution >= 4 is 44.8 Å². The van der Waals surface area contributed by atoms with E-state index in [4.69, 9.17) is 33.7 Å². The molecule has 0 aliphatic carbocycles. The minimum absolute atomic E-state index is 0.284. The number of nitrogens with one attached hydrogen (secondary N) is 1. The SMILES string of the molecule is NC(=O)C1(Nc2ccccc2)CCN(CCOC2(c3ccc(Cl)c(Cl)c3)CCN(S(=O)(=O)c3ccccc3)CC2)CC1. The summed E-state index contributed by atoms with van der Waals surface area (Å²) in [6, 6.07) is 23.6. The lowest BCUT2D eigenvalue weighted by molar-refractivity contribution is -0.124. The number of nitrogens with two attached hydrogens (primary N) is 1.